The summed E-state index contributed by atoms with van der Waals surface area (Å²) in [7, 11) is 1.69. The lowest BCUT2D eigenvalue weighted by Crippen LogP contribution is -2.13. The Morgan fingerprint density at radius 1 is 0.708 bits per heavy atom. The van der Waals surface area contributed by atoms with Gasteiger partial charge in [-0.2, -0.15) is 0 Å². The van der Waals surface area contributed by atoms with Crippen LogP contribution in [-0.4, -0.2) is 7.11 Å². The van der Waals surface area contributed by atoms with E-state index >= 15 is 0 Å². The van der Waals surface area contributed by atoms with E-state index in [1.807, 2.05) is 12.1 Å². The van der Waals surface area contributed by atoms with Crippen molar-refractivity contribution in [1.82, 2.24) is 0 Å². The highest BCUT2D eigenvalue weighted by molar-refractivity contribution is 5.69. The van der Waals surface area contributed by atoms with Crippen molar-refractivity contribution in [3.63, 3.8) is 0 Å². The Morgan fingerprint density at radius 3 is 1.75 bits per heavy atom. The number of hydrogen-bond donors (Lipinski definition) is 0. The van der Waals surface area contributed by atoms with Crippen molar-refractivity contribution in [1.29, 1.82) is 0 Å². The number of aryl methyl sites for hydroxylation is 2. The molecule has 1 aliphatic heterocycles. The fourth-order valence-corrected chi connectivity index (χ4v) is 3.19. The van der Waals surface area contributed by atoms with Crippen molar-refractivity contribution in [3.8, 4) is 17.2 Å². The molecule has 2 heteroatoms. The van der Waals surface area contributed by atoms with Gasteiger partial charge in [-0.15, -0.1) is 0 Å². The molecule has 0 saturated heterocycles. The minimum atomic E-state index is 0.861. The summed E-state index contributed by atoms with van der Waals surface area (Å²) in [5, 5.41) is 0. The van der Waals surface area contributed by atoms with E-state index < -0.39 is 0 Å². The first-order chi connectivity index (χ1) is 11.7. The summed E-state index contributed by atoms with van der Waals surface area (Å²) in [4.78, 5) is 0. The highest BCUT2D eigenvalue weighted by atomic mass is 16.5. The van der Waals surface area contributed by atoms with Gasteiger partial charge in [0.1, 0.15) is 17.2 Å². The number of ether oxygens (including phenoxy) is 2. The maximum Gasteiger partial charge on any atom is 0.131 e. The van der Waals surface area contributed by atoms with Gasteiger partial charge in [-0.05, 0) is 43.7 Å². The zero-order valence-electron chi connectivity index (χ0n) is 14.1. The first-order valence-electron chi connectivity index (χ1n) is 8.07. The van der Waals surface area contributed by atoms with Crippen LogP contribution < -0.4 is 9.47 Å². The van der Waals surface area contributed by atoms with Crippen LogP contribution in [0.3, 0.4) is 0 Å². The molecule has 3 aromatic rings. The van der Waals surface area contributed by atoms with E-state index in [2.05, 4.69) is 62.4 Å². The molecule has 1 heterocycles. The predicted octanol–water partition coefficient (Wildman–Crippen LogP) is 5.44. The SMILES string of the molecule is COc1ccc([C]2c3cc(C)ccc3Oc3ccc(C)cc32)cc1. The van der Waals surface area contributed by atoms with Crippen LogP contribution in [-0.2, 0) is 0 Å². The van der Waals surface area contributed by atoms with E-state index in [-0.39, 0.29) is 0 Å². The number of rotatable bonds is 2. The smallest absolute Gasteiger partial charge is 0.131 e. The standard InChI is InChI=1S/C22H19O2/c1-14-4-10-20-18(12-14)22(16-6-8-17(23-3)9-7-16)19-13-15(2)5-11-21(19)24-20/h4-13H,1-3H3. The number of methoxy groups -OCH3 is 1. The molecule has 0 saturated carbocycles. The molecule has 0 aromatic heterocycles. The van der Waals surface area contributed by atoms with E-state index in [1.165, 1.54) is 17.0 Å². The molecule has 0 atom stereocenters. The summed E-state index contributed by atoms with van der Waals surface area (Å²) >= 11 is 0. The average Bonchev–Trinajstić information content (AvgIpc) is 2.60. The zero-order valence-corrected chi connectivity index (χ0v) is 14.1. The highest BCUT2D eigenvalue weighted by Gasteiger charge is 2.29. The van der Waals surface area contributed by atoms with Crippen LogP contribution in [0.15, 0.2) is 60.7 Å². The Balaban J connectivity index is 1.93. The van der Waals surface area contributed by atoms with Crippen LogP contribution in [0, 0.1) is 19.8 Å². The second kappa shape index (κ2) is 5.72. The van der Waals surface area contributed by atoms with E-state index in [9.17, 15) is 0 Å². The fraction of sp³-hybridized carbons (Fsp3) is 0.136. The van der Waals surface area contributed by atoms with Crippen LogP contribution in [0.25, 0.3) is 0 Å². The van der Waals surface area contributed by atoms with Crippen molar-refractivity contribution in [2.75, 3.05) is 7.11 Å². The van der Waals surface area contributed by atoms with Gasteiger partial charge in [-0.1, -0.05) is 47.5 Å². The van der Waals surface area contributed by atoms with Gasteiger partial charge < -0.3 is 9.47 Å². The minimum absolute atomic E-state index is 0.861. The second-order valence-corrected chi connectivity index (χ2v) is 6.20. The number of hydrogen-bond acceptors (Lipinski definition) is 2. The Morgan fingerprint density at radius 2 is 1.25 bits per heavy atom. The van der Waals surface area contributed by atoms with Crippen LogP contribution in [0.1, 0.15) is 27.8 Å². The predicted molar refractivity (Wildman–Crippen MR) is 96.0 cm³/mol. The third kappa shape index (κ3) is 2.44. The topological polar surface area (TPSA) is 18.5 Å². The lowest BCUT2D eigenvalue weighted by molar-refractivity contribution is 0.414. The maximum absolute atomic E-state index is 6.14. The number of fused-ring (bicyclic) bond motifs is 2. The molecular weight excluding hydrogens is 296 g/mol. The summed E-state index contributed by atoms with van der Waals surface area (Å²) in [6.45, 7) is 4.22. The largest absolute Gasteiger partial charge is 0.497 e. The quantitative estimate of drug-likeness (QED) is 0.490. The fourth-order valence-electron chi connectivity index (χ4n) is 3.19. The van der Waals surface area contributed by atoms with Crippen molar-refractivity contribution in [2.45, 2.75) is 13.8 Å². The molecule has 0 N–H and O–H groups in total. The van der Waals surface area contributed by atoms with Gasteiger partial charge in [-0.25, -0.2) is 0 Å². The van der Waals surface area contributed by atoms with Crippen LogP contribution in [0.4, 0.5) is 0 Å². The lowest BCUT2D eigenvalue weighted by Gasteiger charge is -2.28. The third-order valence-corrected chi connectivity index (χ3v) is 4.41. The molecule has 0 fully saturated rings. The molecule has 2 nitrogen and oxygen atoms in total. The Bertz CT molecular complexity index is 843. The normalized spacial score (nSPS) is 13.0. The van der Waals surface area contributed by atoms with E-state index in [1.54, 1.807) is 7.11 Å². The minimum Gasteiger partial charge on any atom is -0.497 e. The molecule has 1 aliphatic rings. The Hall–Kier alpha value is -2.74. The first kappa shape index (κ1) is 14.8. The first-order valence-corrected chi connectivity index (χ1v) is 8.07. The molecule has 4 rings (SSSR count). The van der Waals surface area contributed by atoms with E-state index in [4.69, 9.17) is 9.47 Å². The van der Waals surface area contributed by atoms with Crippen LogP contribution in [0.5, 0.6) is 17.2 Å². The van der Waals surface area contributed by atoms with Crippen LogP contribution >= 0.6 is 0 Å². The van der Waals surface area contributed by atoms with Gasteiger partial charge in [-0.3, -0.25) is 0 Å². The molecule has 1 radical (unpaired) electrons. The highest BCUT2D eigenvalue weighted by Crippen LogP contribution is 2.47. The third-order valence-electron chi connectivity index (χ3n) is 4.41. The van der Waals surface area contributed by atoms with Crippen molar-refractivity contribution < 1.29 is 9.47 Å². The molecule has 0 spiro atoms. The summed E-state index contributed by atoms with van der Waals surface area (Å²) < 4.78 is 11.4. The number of benzene rings is 3. The summed E-state index contributed by atoms with van der Waals surface area (Å²) in [5.74, 6) is 3.88. The monoisotopic (exact) mass is 315 g/mol. The van der Waals surface area contributed by atoms with Gasteiger partial charge in [0.15, 0.2) is 0 Å². The summed E-state index contributed by atoms with van der Waals surface area (Å²) in [6, 6.07) is 20.9. The summed E-state index contributed by atoms with van der Waals surface area (Å²) in [6.07, 6.45) is 0. The lowest BCUT2D eigenvalue weighted by atomic mass is 9.81. The molecule has 0 bridgehead atoms. The Labute approximate surface area is 142 Å². The molecule has 0 aliphatic carbocycles. The van der Waals surface area contributed by atoms with Crippen molar-refractivity contribution in [2.24, 2.45) is 0 Å². The molecular formula is C22H19O2. The van der Waals surface area contributed by atoms with Crippen LogP contribution in [0.2, 0.25) is 0 Å². The molecule has 0 amide bonds. The second-order valence-electron chi connectivity index (χ2n) is 6.20. The molecule has 119 valence electrons. The zero-order chi connectivity index (χ0) is 16.7. The Kier molecular flexibility index (Phi) is 3.53. The van der Waals surface area contributed by atoms with E-state index in [0.29, 0.717) is 0 Å². The molecule has 3 aromatic carbocycles. The van der Waals surface area contributed by atoms with Gasteiger partial charge in [0.05, 0.1) is 13.0 Å². The van der Waals surface area contributed by atoms with Crippen molar-refractivity contribution >= 4 is 0 Å². The maximum atomic E-state index is 6.14. The molecule has 24 heavy (non-hydrogen) atoms. The van der Waals surface area contributed by atoms with Gasteiger partial charge in [0, 0.05) is 11.1 Å². The van der Waals surface area contributed by atoms with Gasteiger partial charge in [0.2, 0.25) is 0 Å². The molecule has 0 unspecified atom stereocenters. The van der Waals surface area contributed by atoms with Gasteiger partial charge in [0.25, 0.3) is 0 Å². The van der Waals surface area contributed by atoms with E-state index in [0.717, 1.165) is 33.9 Å². The summed E-state index contributed by atoms with van der Waals surface area (Å²) in [5.41, 5.74) is 5.88. The van der Waals surface area contributed by atoms with Crippen molar-refractivity contribution in [3.05, 3.63) is 94.4 Å². The van der Waals surface area contributed by atoms with Gasteiger partial charge >= 0.3 is 0 Å². The average molecular weight is 315 g/mol.